The normalized spacial score (nSPS) is 27.3. The fraction of sp³-hybridized carbons (Fsp3) is 0.900. The fourth-order valence-electron chi connectivity index (χ4n) is 2.62. The third-order valence-corrected chi connectivity index (χ3v) is 3.79. The third-order valence-electron chi connectivity index (χ3n) is 3.79. The maximum atomic E-state index is 11.7. The van der Waals surface area contributed by atoms with Gasteiger partial charge < -0.3 is 5.11 Å². The highest BCUT2D eigenvalue weighted by atomic mass is 16.3. The number of hydrazine groups is 1. The van der Waals surface area contributed by atoms with Crippen molar-refractivity contribution in [2.24, 2.45) is 16.7 Å². The SMILES string of the molecule is CC1(C)CCC(C)(C)C1(O)C(=O)NN. The van der Waals surface area contributed by atoms with E-state index in [1.807, 2.05) is 27.7 Å². The zero-order valence-corrected chi connectivity index (χ0v) is 9.35. The second-order valence-electron chi connectivity index (χ2n) is 5.45. The molecule has 4 heteroatoms. The molecule has 1 fully saturated rings. The van der Waals surface area contributed by atoms with Crippen molar-refractivity contribution in [3.63, 3.8) is 0 Å². The van der Waals surface area contributed by atoms with Crippen LogP contribution in [0.15, 0.2) is 0 Å². The lowest BCUT2D eigenvalue weighted by Crippen LogP contribution is -2.61. The Morgan fingerprint density at radius 2 is 1.57 bits per heavy atom. The molecule has 4 nitrogen and oxygen atoms in total. The fourth-order valence-corrected chi connectivity index (χ4v) is 2.62. The van der Waals surface area contributed by atoms with E-state index in [0.29, 0.717) is 0 Å². The predicted molar refractivity (Wildman–Crippen MR) is 54.1 cm³/mol. The number of aliphatic hydroxyl groups is 1. The lowest BCUT2D eigenvalue weighted by atomic mass is 9.67. The van der Waals surface area contributed by atoms with Crippen molar-refractivity contribution < 1.29 is 9.90 Å². The van der Waals surface area contributed by atoms with E-state index in [2.05, 4.69) is 5.43 Å². The smallest absolute Gasteiger partial charge is 0.266 e. The van der Waals surface area contributed by atoms with E-state index in [0.717, 1.165) is 12.8 Å². The molecular weight excluding hydrogens is 180 g/mol. The number of amides is 1. The molecule has 1 amide bonds. The Bertz CT molecular complexity index is 243. The zero-order chi connectivity index (χ0) is 11.2. The monoisotopic (exact) mass is 200 g/mol. The summed E-state index contributed by atoms with van der Waals surface area (Å²) in [6.07, 6.45) is 1.65. The molecule has 1 rings (SSSR count). The Morgan fingerprint density at radius 1 is 1.21 bits per heavy atom. The van der Waals surface area contributed by atoms with Gasteiger partial charge in [-0.2, -0.15) is 0 Å². The lowest BCUT2D eigenvalue weighted by Gasteiger charge is -2.42. The highest BCUT2D eigenvalue weighted by molar-refractivity contribution is 5.86. The summed E-state index contributed by atoms with van der Waals surface area (Å²) in [5.74, 6) is 4.64. The van der Waals surface area contributed by atoms with Crippen LogP contribution >= 0.6 is 0 Å². The first-order valence-corrected chi connectivity index (χ1v) is 4.92. The molecule has 0 aromatic carbocycles. The Morgan fingerprint density at radius 3 is 1.86 bits per heavy atom. The van der Waals surface area contributed by atoms with Crippen molar-refractivity contribution >= 4 is 5.91 Å². The molecule has 0 saturated heterocycles. The zero-order valence-electron chi connectivity index (χ0n) is 9.35. The molecule has 1 aliphatic carbocycles. The van der Waals surface area contributed by atoms with Crippen LogP contribution in [0.4, 0.5) is 0 Å². The second kappa shape index (κ2) is 2.94. The van der Waals surface area contributed by atoms with Gasteiger partial charge in [0.05, 0.1) is 0 Å². The molecular formula is C10H20N2O2. The quantitative estimate of drug-likeness (QED) is 0.329. The molecule has 0 aromatic rings. The van der Waals surface area contributed by atoms with Gasteiger partial charge in [0, 0.05) is 10.8 Å². The van der Waals surface area contributed by atoms with Gasteiger partial charge in [-0.25, -0.2) is 5.84 Å². The number of nitrogens with two attached hydrogens (primary N) is 1. The lowest BCUT2D eigenvalue weighted by molar-refractivity contribution is -0.165. The molecule has 0 aliphatic heterocycles. The molecule has 0 heterocycles. The Labute approximate surface area is 84.8 Å². The summed E-state index contributed by atoms with van der Waals surface area (Å²) >= 11 is 0. The van der Waals surface area contributed by atoms with Crippen molar-refractivity contribution in [2.45, 2.75) is 46.1 Å². The molecule has 14 heavy (non-hydrogen) atoms. The molecule has 82 valence electrons. The first-order chi connectivity index (χ1) is 6.19. The van der Waals surface area contributed by atoms with Crippen LogP contribution in [0.3, 0.4) is 0 Å². The van der Waals surface area contributed by atoms with Gasteiger partial charge in [0.15, 0.2) is 5.60 Å². The molecule has 1 aliphatic rings. The number of hydrogen-bond donors (Lipinski definition) is 3. The first kappa shape index (κ1) is 11.5. The Balaban J connectivity index is 3.19. The van der Waals surface area contributed by atoms with Crippen LogP contribution in [0.25, 0.3) is 0 Å². The van der Waals surface area contributed by atoms with Gasteiger partial charge in [-0.1, -0.05) is 27.7 Å². The maximum Gasteiger partial charge on any atom is 0.266 e. The van der Waals surface area contributed by atoms with Crippen LogP contribution in [-0.4, -0.2) is 16.6 Å². The van der Waals surface area contributed by atoms with Gasteiger partial charge in [-0.3, -0.25) is 10.2 Å². The summed E-state index contributed by atoms with van der Waals surface area (Å²) in [6.45, 7) is 7.60. The van der Waals surface area contributed by atoms with Gasteiger partial charge >= 0.3 is 0 Å². The molecule has 0 spiro atoms. The van der Waals surface area contributed by atoms with Crippen molar-refractivity contribution in [2.75, 3.05) is 0 Å². The summed E-state index contributed by atoms with van der Waals surface area (Å²) in [5, 5.41) is 10.5. The number of nitrogens with one attached hydrogen (secondary N) is 1. The molecule has 1 saturated carbocycles. The molecule has 0 radical (unpaired) electrons. The summed E-state index contributed by atoms with van der Waals surface area (Å²) < 4.78 is 0. The van der Waals surface area contributed by atoms with E-state index >= 15 is 0 Å². The minimum absolute atomic E-state index is 0.431. The second-order valence-corrected chi connectivity index (χ2v) is 5.45. The van der Waals surface area contributed by atoms with Gasteiger partial charge in [-0.05, 0) is 12.8 Å². The van der Waals surface area contributed by atoms with Crippen molar-refractivity contribution in [3.05, 3.63) is 0 Å². The van der Waals surface area contributed by atoms with Crippen LogP contribution < -0.4 is 11.3 Å². The Hall–Kier alpha value is -0.610. The third kappa shape index (κ3) is 1.17. The number of rotatable bonds is 1. The summed E-state index contributed by atoms with van der Waals surface area (Å²) in [5.41, 5.74) is -0.172. The van der Waals surface area contributed by atoms with E-state index in [1.54, 1.807) is 0 Å². The number of carbonyl (C=O) groups is 1. The molecule has 0 aromatic heterocycles. The van der Waals surface area contributed by atoms with Crippen molar-refractivity contribution in [1.29, 1.82) is 0 Å². The summed E-state index contributed by atoms with van der Waals surface area (Å²) in [6, 6.07) is 0. The summed E-state index contributed by atoms with van der Waals surface area (Å²) in [7, 11) is 0. The highest BCUT2D eigenvalue weighted by Crippen LogP contribution is 2.56. The minimum Gasteiger partial charge on any atom is -0.379 e. The topological polar surface area (TPSA) is 75.3 Å². The van der Waals surface area contributed by atoms with Crippen molar-refractivity contribution in [3.8, 4) is 0 Å². The van der Waals surface area contributed by atoms with E-state index in [4.69, 9.17) is 5.84 Å². The number of carbonyl (C=O) groups excluding carboxylic acids is 1. The van der Waals surface area contributed by atoms with E-state index in [1.165, 1.54) is 0 Å². The van der Waals surface area contributed by atoms with E-state index < -0.39 is 22.3 Å². The van der Waals surface area contributed by atoms with Crippen LogP contribution in [0.1, 0.15) is 40.5 Å². The average Bonchev–Trinajstić information content (AvgIpc) is 2.26. The largest absolute Gasteiger partial charge is 0.379 e. The van der Waals surface area contributed by atoms with Gasteiger partial charge in [-0.15, -0.1) is 0 Å². The van der Waals surface area contributed by atoms with E-state index in [-0.39, 0.29) is 0 Å². The Kier molecular flexibility index (Phi) is 2.41. The highest BCUT2D eigenvalue weighted by Gasteiger charge is 2.63. The first-order valence-electron chi connectivity index (χ1n) is 4.92. The van der Waals surface area contributed by atoms with Crippen LogP contribution in [0.2, 0.25) is 0 Å². The van der Waals surface area contributed by atoms with Crippen LogP contribution in [-0.2, 0) is 4.79 Å². The van der Waals surface area contributed by atoms with Crippen LogP contribution in [0, 0.1) is 10.8 Å². The molecule has 0 atom stereocenters. The maximum absolute atomic E-state index is 11.7. The number of hydrogen-bond acceptors (Lipinski definition) is 3. The van der Waals surface area contributed by atoms with E-state index in [9.17, 15) is 9.90 Å². The molecule has 4 N–H and O–H groups in total. The predicted octanol–water partition coefficient (Wildman–Crippen LogP) is 0.554. The van der Waals surface area contributed by atoms with Gasteiger partial charge in [0.25, 0.3) is 5.91 Å². The summed E-state index contributed by atoms with van der Waals surface area (Å²) in [4.78, 5) is 11.7. The molecule has 0 unspecified atom stereocenters. The van der Waals surface area contributed by atoms with Crippen LogP contribution in [0.5, 0.6) is 0 Å². The van der Waals surface area contributed by atoms with Crippen molar-refractivity contribution in [1.82, 2.24) is 5.43 Å². The van der Waals surface area contributed by atoms with Gasteiger partial charge in [0.1, 0.15) is 0 Å². The standard InChI is InChI=1S/C10H20N2O2/c1-8(2)5-6-9(3,4)10(8,14)7(13)12-11/h14H,5-6,11H2,1-4H3,(H,12,13). The average molecular weight is 200 g/mol. The minimum atomic E-state index is -1.38. The van der Waals surface area contributed by atoms with Gasteiger partial charge in [0.2, 0.25) is 0 Å². The molecule has 0 bridgehead atoms.